The number of amidine groups is 1. The summed E-state index contributed by atoms with van der Waals surface area (Å²) in [5, 5.41) is 11.7. The van der Waals surface area contributed by atoms with Gasteiger partial charge in [0.05, 0.1) is 9.83 Å². The molecule has 5 rings (SSSR count). The molecule has 3 heterocycles. The molecular weight excluding hydrogens is 452 g/mol. The maximum absolute atomic E-state index is 12.5. The Balaban J connectivity index is 1.24. The van der Waals surface area contributed by atoms with Crippen LogP contribution in [0.3, 0.4) is 0 Å². The van der Waals surface area contributed by atoms with Crippen molar-refractivity contribution in [2.24, 2.45) is 4.99 Å². The molecule has 3 aromatic rings. The van der Waals surface area contributed by atoms with Crippen molar-refractivity contribution in [3.05, 3.63) is 87.0 Å². The summed E-state index contributed by atoms with van der Waals surface area (Å²) < 4.78 is 5.83. The number of carbonyl (C=O) groups excluding carboxylic acids is 1. The third kappa shape index (κ3) is 4.60. The number of non-ortho nitro benzene ring substituents is 1. The van der Waals surface area contributed by atoms with Crippen molar-refractivity contribution in [3.8, 4) is 11.3 Å². The van der Waals surface area contributed by atoms with Gasteiger partial charge in [-0.15, -0.1) is 0 Å². The van der Waals surface area contributed by atoms with Crippen LogP contribution < -0.4 is 4.90 Å². The van der Waals surface area contributed by atoms with E-state index in [1.807, 2.05) is 0 Å². The van der Waals surface area contributed by atoms with Crippen LogP contribution in [0.15, 0.2) is 75.0 Å². The molecular formula is C25H22N4O4S. The Morgan fingerprint density at radius 1 is 1.03 bits per heavy atom. The summed E-state index contributed by atoms with van der Waals surface area (Å²) in [5.74, 6) is 0.714. The average Bonchev–Trinajstić information content (AvgIpc) is 3.47. The summed E-state index contributed by atoms with van der Waals surface area (Å²) in [5.41, 5.74) is 3.05. The van der Waals surface area contributed by atoms with Gasteiger partial charge in [0.2, 0.25) is 0 Å². The quantitative estimate of drug-likeness (QED) is 0.300. The third-order valence-corrected chi connectivity index (χ3v) is 6.84. The van der Waals surface area contributed by atoms with E-state index in [1.165, 1.54) is 35.1 Å². The molecule has 0 radical (unpaired) electrons. The van der Waals surface area contributed by atoms with Crippen LogP contribution in [0.2, 0.25) is 0 Å². The van der Waals surface area contributed by atoms with E-state index in [1.54, 1.807) is 30.3 Å². The normalized spacial score (nSPS) is 17.4. The summed E-state index contributed by atoms with van der Waals surface area (Å²) in [6.07, 6.45) is 1.67. The van der Waals surface area contributed by atoms with E-state index >= 15 is 0 Å². The number of aliphatic imine (C=N–C) groups is 1. The molecule has 1 fully saturated rings. The van der Waals surface area contributed by atoms with Crippen LogP contribution in [0, 0.1) is 17.0 Å². The monoisotopic (exact) mass is 474 g/mol. The van der Waals surface area contributed by atoms with Crippen LogP contribution in [0.25, 0.3) is 17.4 Å². The molecule has 1 aromatic heterocycles. The predicted octanol–water partition coefficient (Wildman–Crippen LogP) is 4.96. The highest BCUT2D eigenvalue weighted by molar-refractivity contribution is 8.18. The molecule has 0 saturated carbocycles. The minimum absolute atomic E-state index is 0.00384. The maximum atomic E-state index is 12.5. The van der Waals surface area contributed by atoms with Crippen LogP contribution in [-0.2, 0) is 4.79 Å². The van der Waals surface area contributed by atoms with Gasteiger partial charge in [0.25, 0.3) is 11.6 Å². The molecule has 172 valence electrons. The van der Waals surface area contributed by atoms with Gasteiger partial charge >= 0.3 is 0 Å². The van der Waals surface area contributed by atoms with Crippen molar-refractivity contribution in [3.63, 3.8) is 0 Å². The molecule has 1 saturated heterocycles. The Kier molecular flexibility index (Phi) is 5.93. The smallest absolute Gasteiger partial charge is 0.286 e. The number of benzene rings is 2. The van der Waals surface area contributed by atoms with E-state index in [2.05, 4.69) is 46.0 Å². The standard InChI is InChI=1S/C25H22N4O4S/c1-17-5-7-19(8-6-17)27-11-13-28(14-12-27)25-26-24(30)23(34-25)16-21-9-10-22(33-21)18-3-2-4-20(15-18)29(31)32/h2-10,15-16H,11-14H2,1H3/b23-16-. The number of anilines is 1. The van der Waals surface area contributed by atoms with Crippen LogP contribution in [0.4, 0.5) is 11.4 Å². The van der Waals surface area contributed by atoms with E-state index in [4.69, 9.17) is 4.42 Å². The van der Waals surface area contributed by atoms with Gasteiger partial charge in [-0.1, -0.05) is 29.8 Å². The first-order valence-corrected chi connectivity index (χ1v) is 11.7. The fourth-order valence-electron chi connectivity index (χ4n) is 3.93. The van der Waals surface area contributed by atoms with Crippen LogP contribution >= 0.6 is 11.8 Å². The summed E-state index contributed by atoms with van der Waals surface area (Å²) in [4.78, 5) is 32.3. The minimum atomic E-state index is -0.442. The number of aryl methyl sites for hydroxylation is 1. The van der Waals surface area contributed by atoms with Crippen molar-refractivity contribution in [2.75, 3.05) is 31.1 Å². The van der Waals surface area contributed by atoms with Gasteiger partial charge in [-0.3, -0.25) is 14.9 Å². The molecule has 0 unspecified atom stereocenters. The van der Waals surface area contributed by atoms with Crippen molar-refractivity contribution in [1.82, 2.24) is 4.90 Å². The molecule has 2 aromatic carbocycles. The number of nitro groups is 1. The second-order valence-corrected chi connectivity index (χ2v) is 9.14. The number of hydrogen-bond acceptors (Lipinski definition) is 7. The molecule has 9 heteroatoms. The second-order valence-electron chi connectivity index (χ2n) is 8.13. The highest BCUT2D eigenvalue weighted by atomic mass is 32.2. The number of carbonyl (C=O) groups is 1. The Morgan fingerprint density at radius 3 is 2.50 bits per heavy atom. The van der Waals surface area contributed by atoms with E-state index in [0.29, 0.717) is 27.2 Å². The highest BCUT2D eigenvalue weighted by Crippen LogP contribution is 2.33. The molecule has 2 aliphatic heterocycles. The number of nitro benzene ring substituents is 1. The first-order valence-electron chi connectivity index (χ1n) is 10.9. The number of thioether (sulfide) groups is 1. The molecule has 0 N–H and O–H groups in total. The SMILES string of the molecule is Cc1ccc(N2CCN(C3=NC(=O)/C(=C/c4ccc(-c5cccc([N+](=O)[O-])c5)o4)S3)CC2)cc1. The highest BCUT2D eigenvalue weighted by Gasteiger charge is 2.29. The third-order valence-electron chi connectivity index (χ3n) is 5.80. The van der Waals surface area contributed by atoms with Crippen molar-refractivity contribution in [2.45, 2.75) is 6.92 Å². The lowest BCUT2D eigenvalue weighted by atomic mass is 10.1. The Morgan fingerprint density at radius 2 is 1.76 bits per heavy atom. The molecule has 0 bridgehead atoms. The van der Waals surface area contributed by atoms with E-state index in [9.17, 15) is 14.9 Å². The van der Waals surface area contributed by atoms with Gasteiger partial charge in [-0.05, 0) is 43.0 Å². The Labute approximate surface area is 200 Å². The zero-order valence-corrected chi connectivity index (χ0v) is 19.3. The average molecular weight is 475 g/mol. The summed E-state index contributed by atoms with van der Waals surface area (Å²) in [6, 6.07) is 18.3. The predicted molar refractivity (Wildman–Crippen MR) is 134 cm³/mol. The van der Waals surface area contributed by atoms with Crippen LogP contribution in [0.1, 0.15) is 11.3 Å². The van der Waals surface area contributed by atoms with Crippen molar-refractivity contribution in [1.29, 1.82) is 0 Å². The van der Waals surface area contributed by atoms with Crippen molar-refractivity contribution < 1.29 is 14.1 Å². The first-order chi connectivity index (χ1) is 16.5. The zero-order chi connectivity index (χ0) is 23.7. The molecule has 2 aliphatic rings. The molecule has 8 nitrogen and oxygen atoms in total. The Bertz CT molecular complexity index is 1300. The summed E-state index contributed by atoms with van der Waals surface area (Å²) >= 11 is 1.35. The zero-order valence-electron chi connectivity index (χ0n) is 18.5. The van der Waals surface area contributed by atoms with Crippen LogP contribution in [-0.4, -0.2) is 47.1 Å². The lowest BCUT2D eigenvalue weighted by molar-refractivity contribution is -0.384. The second kappa shape index (κ2) is 9.18. The van der Waals surface area contributed by atoms with Gasteiger partial charge in [0.1, 0.15) is 11.5 Å². The fraction of sp³-hybridized carbons (Fsp3) is 0.200. The molecule has 1 amide bonds. The van der Waals surface area contributed by atoms with Gasteiger partial charge < -0.3 is 14.2 Å². The van der Waals surface area contributed by atoms with E-state index in [0.717, 1.165) is 26.2 Å². The number of hydrogen-bond donors (Lipinski definition) is 0. The minimum Gasteiger partial charge on any atom is -0.457 e. The van der Waals surface area contributed by atoms with Crippen LogP contribution in [0.5, 0.6) is 0 Å². The van der Waals surface area contributed by atoms with Gasteiger partial charge in [0, 0.05) is 55.6 Å². The molecule has 0 aliphatic carbocycles. The van der Waals surface area contributed by atoms with Gasteiger partial charge in [-0.2, -0.15) is 4.99 Å². The largest absolute Gasteiger partial charge is 0.457 e. The first kappa shape index (κ1) is 22.0. The summed E-state index contributed by atoms with van der Waals surface area (Å²) in [6.45, 7) is 5.38. The number of piperazine rings is 1. The lowest BCUT2D eigenvalue weighted by Crippen LogP contribution is -2.47. The maximum Gasteiger partial charge on any atom is 0.286 e. The number of furan rings is 1. The van der Waals surface area contributed by atoms with Gasteiger partial charge in [-0.25, -0.2) is 0 Å². The van der Waals surface area contributed by atoms with E-state index in [-0.39, 0.29) is 11.6 Å². The lowest BCUT2D eigenvalue weighted by Gasteiger charge is -2.36. The summed E-state index contributed by atoms with van der Waals surface area (Å²) in [7, 11) is 0. The Hall–Kier alpha value is -3.85. The van der Waals surface area contributed by atoms with E-state index < -0.39 is 4.92 Å². The molecule has 0 spiro atoms. The number of rotatable bonds is 4. The number of amides is 1. The molecule has 0 atom stereocenters. The number of nitrogens with zero attached hydrogens (tertiary/aromatic N) is 4. The molecule has 34 heavy (non-hydrogen) atoms. The van der Waals surface area contributed by atoms with Crippen molar-refractivity contribution >= 4 is 40.3 Å². The fourth-order valence-corrected chi connectivity index (χ4v) is 4.88. The van der Waals surface area contributed by atoms with Gasteiger partial charge in [0.15, 0.2) is 5.17 Å². The topological polar surface area (TPSA) is 92.2 Å².